The van der Waals surface area contributed by atoms with E-state index < -0.39 is 0 Å². The molecule has 0 radical (unpaired) electrons. The lowest BCUT2D eigenvalue weighted by molar-refractivity contribution is 0.0757. The number of benzene rings is 1. The second kappa shape index (κ2) is 5.35. The zero-order chi connectivity index (χ0) is 13.0. The molecule has 18 heavy (non-hydrogen) atoms. The summed E-state index contributed by atoms with van der Waals surface area (Å²) in [6, 6.07) is 7.55. The third-order valence-electron chi connectivity index (χ3n) is 2.68. The lowest BCUT2D eigenvalue weighted by Crippen LogP contribution is -2.30. The molecule has 1 aromatic carbocycles. The van der Waals surface area contributed by atoms with Gasteiger partial charge in [-0.05, 0) is 6.07 Å². The number of aromatic nitrogens is 2. The molecule has 0 bridgehead atoms. The number of hydrogen-bond donors (Lipinski definition) is 1. The van der Waals surface area contributed by atoms with Gasteiger partial charge in [0.15, 0.2) is 5.69 Å². The molecule has 1 N–H and O–H groups in total. The Morgan fingerprint density at radius 2 is 2.33 bits per heavy atom. The molecule has 5 nitrogen and oxygen atoms in total. The Morgan fingerprint density at radius 1 is 1.56 bits per heavy atom. The molecule has 1 amide bonds. The zero-order valence-electron chi connectivity index (χ0n) is 10.2. The van der Waals surface area contributed by atoms with Gasteiger partial charge in [0.1, 0.15) is 6.61 Å². The fourth-order valence-corrected chi connectivity index (χ4v) is 1.68. The first-order valence-corrected chi connectivity index (χ1v) is 5.65. The quantitative estimate of drug-likeness (QED) is 0.645. The summed E-state index contributed by atoms with van der Waals surface area (Å²) in [7, 11) is 1.72. The first-order valence-electron chi connectivity index (χ1n) is 5.65. The van der Waals surface area contributed by atoms with Crippen LogP contribution in [0.1, 0.15) is 10.5 Å². The van der Waals surface area contributed by atoms with E-state index in [0.29, 0.717) is 18.8 Å². The second-order valence-electron chi connectivity index (χ2n) is 3.88. The molecule has 0 aliphatic rings. The van der Waals surface area contributed by atoms with Crippen LogP contribution in [0.15, 0.2) is 37.1 Å². The average molecular weight is 245 g/mol. The van der Waals surface area contributed by atoms with Gasteiger partial charge in [-0.2, -0.15) is 5.10 Å². The molecule has 0 saturated heterocycles. The van der Waals surface area contributed by atoms with Crippen molar-refractivity contribution in [1.29, 1.82) is 0 Å². The minimum Gasteiger partial charge on any atom is -0.500 e. The Kier molecular flexibility index (Phi) is 3.62. The summed E-state index contributed by atoms with van der Waals surface area (Å²) in [5.41, 5.74) is 1.29. The van der Waals surface area contributed by atoms with Crippen LogP contribution in [0.4, 0.5) is 0 Å². The minimum atomic E-state index is -0.125. The van der Waals surface area contributed by atoms with Crippen molar-refractivity contribution in [2.24, 2.45) is 0 Å². The number of hydrogen-bond acceptors (Lipinski definition) is 3. The van der Waals surface area contributed by atoms with Crippen molar-refractivity contribution in [2.45, 2.75) is 0 Å². The summed E-state index contributed by atoms with van der Waals surface area (Å²) in [6.45, 7) is 4.37. The minimum absolute atomic E-state index is 0.125. The van der Waals surface area contributed by atoms with E-state index in [0.717, 1.165) is 10.9 Å². The van der Waals surface area contributed by atoms with E-state index in [2.05, 4.69) is 16.8 Å². The third kappa shape index (κ3) is 2.34. The van der Waals surface area contributed by atoms with Gasteiger partial charge < -0.3 is 9.64 Å². The van der Waals surface area contributed by atoms with E-state index >= 15 is 0 Å². The Labute approximate surface area is 105 Å². The number of aromatic amines is 1. The van der Waals surface area contributed by atoms with Gasteiger partial charge in [-0.3, -0.25) is 9.89 Å². The first-order chi connectivity index (χ1) is 8.74. The number of carbonyl (C=O) groups is 1. The molecule has 0 unspecified atom stereocenters. The maximum Gasteiger partial charge on any atom is 0.274 e. The summed E-state index contributed by atoms with van der Waals surface area (Å²) in [5, 5.41) is 7.75. The normalized spacial score (nSPS) is 10.3. The van der Waals surface area contributed by atoms with Crippen LogP contribution >= 0.6 is 0 Å². The molecular weight excluding hydrogens is 230 g/mol. The maximum absolute atomic E-state index is 12.2. The summed E-state index contributed by atoms with van der Waals surface area (Å²) in [6.07, 6.45) is 1.36. The van der Waals surface area contributed by atoms with E-state index in [1.165, 1.54) is 6.26 Å². The molecule has 94 valence electrons. The number of nitrogens with zero attached hydrogens (tertiary/aromatic N) is 2. The molecular formula is C13H15N3O2. The molecule has 0 atom stereocenters. The Hall–Kier alpha value is -2.30. The molecule has 1 heterocycles. The highest BCUT2D eigenvalue weighted by atomic mass is 16.5. The summed E-state index contributed by atoms with van der Waals surface area (Å²) >= 11 is 0. The van der Waals surface area contributed by atoms with Crippen LogP contribution in [0, 0.1) is 0 Å². The van der Waals surface area contributed by atoms with Gasteiger partial charge in [-0.15, -0.1) is 0 Å². The van der Waals surface area contributed by atoms with Crippen molar-refractivity contribution in [3.05, 3.63) is 42.8 Å². The molecule has 0 aliphatic heterocycles. The first kappa shape index (κ1) is 12.2. The van der Waals surface area contributed by atoms with Crippen LogP contribution in [0.2, 0.25) is 0 Å². The van der Waals surface area contributed by atoms with Crippen LogP contribution in [-0.2, 0) is 4.74 Å². The predicted molar refractivity (Wildman–Crippen MR) is 69.2 cm³/mol. The van der Waals surface area contributed by atoms with E-state index in [9.17, 15) is 4.79 Å². The van der Waals surface area contributed by atoms with Crippen LogP contribution < -0.4 is 0 Å². The third-order valence-corrected chi connectivity index (χ3v) is 2.68. The Bertz CT molecular complexity index is 562. The maximum atomic E-state index is 12.2. The van der Waals surface area contributed by atoms with E-state index in [4.69, 9.17) is 4.74 Å². The van der Waals surface area contributed by atoms with Gasteiger partial charge in [0, 0.05) is 12.4 Å². The number of para-hydroxylation sites is 1. The monoisotopic (exact) mass is 245 g/mol. The molecule has 0 saturated carbocycles. The highest BCUT2D eigenvalue weighted by Gasteiger charge is 2.17. The number of fused-ring (bicyclic) bond motifs is 1. The molecule has 2 rings (SSSR count). The predicted octanol–water partition coefficient (Wildman–Crippen LogP) is 1.79. The van der Waals surface area contributed by atoms with Gasteiger partial charge in [0.05, 0.1) is 18.3 Å². The highest BCUT2D eigenvalue weighted by Crippen LogP contribution is 2.16. The van der Waals surface area contributed by atoms with Crippen LogP contribution in [-0.4, -0.2) is 41.2 Å². The Balaban J connectivity index is 2.15. The standard InChI is InChI=1S/C13H15N3O2/c1-3-18-9-8-16(2)13(17)12-10-6-4-5-7-11(10)14-15-12/h3-7H,1,8-9H2,2H3,(H,14,15). The van der Waals surface area contributed by atoms with Gasteiger partial charge in [-0.25, -0.2) is 0 Å². The number of carbonyl (C=O) groups excluding carboxylic acids is 1. The fourth-order valence-electron chi connectivity index (χ4n) is 1.68. The molecule has 2 aromatic rings. The number of likely N-dealkylation sites (N-methyl/N-ethyl adjacent to an activating group) is 1. The summed E-state index contributed by atoms with van der Waals surface area (Å²) < 4.78 is 5.00. The van der Waals surface area contributed by atoms with Crippen LogP contribution in [0.5, 0.6) is 0 Å². The van der Waals surface area contributed by atoms with Crippen LogP contribution in [0.25, 0.3) is 10.9 Å². The zero-order valence-corrected chi connectivity index (χ0v) is 10.2. The van der Waals surface area contributed by atoms with Crippen LogP contribution in [0.3, 0.4) is 0 Å². The lowest BCUT2D eigenvalue weighted by atomic mass is 10.2. The number of amides is 1. The average Bonchev–Trinajstić information content (AvgIpc) is 2.82. The Morgan fingerprint density at radius 3 is 3.11 bits per heavy atom. The molecule has 0 spiro atoms. The van der Waals surface area contributed by atoms with Crippen molar-refractivity contribution in [3.63, 3.8) is 0 Å². The van der Waals surface area contributed by atoms with E-state index in [1.807, 2.05) is 24.3 Å². The molecule has 0 aliphatic carbocycles. The van der Waals surface area contributed by atoms with Gasteiger partial charge >= 0.3 is 0 Å². The van der Waals surface area contributed by atoms with E-state index in [1.54, 1.807) is 11.9 Å². The van der Waals surface area contributed by atoms with Crippen molar-refractivity contribution >= 4 is 16.8 Å². The lowest BCUT2D eigenvalue weighted by Gasteiger charge is -2.15. The van der Waals surface area contributed by atoms with Crippen molar-refractivity contribution in [1.82, 2.24) is 15.1 Å². The molecule has 1 aromatic heterocycles. The summed E-state index contributed by atoms with van der Waals surface area (Å²) in [4.78, 5) is 13.8. The second-order valence-corrected chi connectivity index (χ2v) is 3.88. The smallest absolute Gasteiger partial charge is 0.274 e. The number of rotatable bonds is 5. The summed E-state index contributed by atoms with van der Waals surface area (Å²) in [5.74, 6) is -0.125. The van der Waals surface area contributed by atoms with Crippen molar-refractivity contribution in [3.8, 4) is 0 Å². The number of H-pyrrole nitrogens is 1. The largest absolute Gasteiger partial charge is 0.500 e. The molecule has 5 heteroatoms. The highest BCUT2D eigenvalue weighted by molar-refractivity contribution is 6.04. The number of ether oxygens (including phenoxy) is 1. The van der Waals surface area contributed by atoms with E-state index in [-0.39, 0.29) is 5.91 Å². The topological polar surface area (TPSA) is 58.2 Å². The number of nitrogens with one attached hydrogen (secondary N) is 1. The van der Waals surface area contributed by atoms with Crippen molar-refractivity contribution in [2.75, 3.05) is 20.2 Å². The van der Waals surface area contributed by atoms with Gasteiger partial charge in [0.25, 0.3) is 5.91 Å². The fraction of sp³-hybridized carbons (Fsp3) is 0.231. The SMILES string of the molecule is C=COCCN(C)C(=O)c1n[nH]c2ccccc12. The molecule has 0 fully saturated rings. The van der Waals surface area contributed by atoms with Gasteiger partial charge in [-0.1, -0.05) is 24.8 Å². The van der Waals surface area contributed by atoms with Crippen molar-refractivity contribution < 1.29 is 9.53 Å². The van der Waals surface area contributed by atoms with Gasteiger partial charge in [0.2, 0.25) is 0 Å².